The molecule has 0 aromatic heterocycles. The third-order valence-electron chi connectivity index (χ3n) is 12.5. The van der Waals surface area contributed by atoms with Gasteiger partial charge in [0, 0.05) is 37.1 Å². The first-order valence-electron chi connectivity index (χ1n) is 28.0. The maximum Gasteiger partial charge on any atom is 0.407 e. The first-order chi connectivity index (χ1) is 39.4. The first kappa shape index (κ1) is 66.1. The summed E-state index contributed by atoms with van der Waals surface area (Å²) in [6, 6.07) is 18.6. The zero-order chi connectivity index (χ0) is 62.1. The number of hydrogen-bond donors (Lipinski definition) is 7. The van der Waals surface area contributed by atoms with Gasteiger partial charge in [-0.25, -0.2) is 14.4 Å². The summed E-state index contributed by atoms with van der Waals surface area (Å²) in [4.78, 5) is 124. The van der Waals surface area contributed by atoms with Gasteiger partial charge in [0.1, 0.15) is 65.7 Å². The number of unbranched alkanes of at least 4 members (excludes halogenated alkanes) is 1. The average Bonchev–Trinajstić information content (AvgIpc) is 3.54. The highest BCUT2D eigenvalue weighted by molar-refractivity contribution is 6.01. The van der Waals surface area contributed by atoms with Gasteiger partial charge in [-0.2, -0.15) is 0 Å². The number of alkyl carbamates (subject to hydrolysis) is 3. The topological polar surface area (TPSA) is 287 Å². The van der Waals surface area contributed by atoms with Crippen LogP contribution in [0.1, 0.15) is 129 Å². The third-order valence-corrected chi connectivity index (χ3v) is 12.5. The quantitative estimate of drug-likeness (QED) is 0.0361. The summed E-state index contributed by atoms with van der Waals surface area (Å²) in [5.41, 5.74) is 1.88. The molecular weight excluding hydrogens is 1080 g/mol. The van der Waals surface area contributed by atoms with Crippen molar-refractivity contribution in [3.05, 3.63) is 107 Å². The van der Waals surface area contributed by atoms with Crippen LogP contribution < -0.4 is 46.7 Å². The van der Waals surface area contributed by atoms with Crippen molar-refractivity contribution in [2.24, 2.45) is 0 Å². The van der Waals surface area contributed by atoms with Crippen LogP contribution in [-0.4, -0.2) is 133 Å². The molecule has 4 aromatic carbocycles. The molecule has 0 fully saturated rings. The van der Waals surface area contributed by atoms with Crippen LogP contribution in [0.5, 0.6) is 11.5 Å². The summed E-state index contributed by atoms with van der Waals surface area (Å²) in [6.45, 7) is 19.2. The Morgan fingerprint density at radius 1 is 0.655 bits per heavy atom. The lowest BCUT2D eigenvalue weighted by atomic mass is 9.93. The molecule has 5 rings (SSSR count). The minimum absolute atomic E-state index is 0.0120. The number of nitrogens with zero attached hydrogens (tertiary/aromatic N) is 1. The SMILES string of the molecule is CCCCc1ccc(-c2ccc(C(=O)N[C@@H](CNC(=O)OC(C)(C)C)C(=O)N(C)[C@@H]3C(=O)N[C@@H](C)C(=O)N[C@H](C(=O)NC(C)=O)Cc4ccc(OCCNC(=O)OC(C)(C)C)c(c4)-c4cc3ccc4OCCNC(=O)OC(C)(C)C)cc2)cc1. The maximum absolute atomic E-state index is 15.2. The van der Waals surface area contributed by atoms with Gasteiger partial charge >= 0.3 is 18.3 Å². The van der Waals surface area contributed by atoms with Gasteiger partial charge < -0.3 is 60.5 Å². The highest BCUT2D eigenvalue weighted by Crippen LogP contribution is 2.40. The van der Waals surface area contributed by atoms with Gasteiger partial charge in [0.15, 0.2) is 0 Å². The Hall–Kier alpha value is -8.69. The van der Waals surface area contributed by atoms with E-state index in [0.29, 0.717) is 11.1 Å². The van der Waals surface area contributed by atoms with Crippen LogP contribution in [0.4, 0.5) is 14.4 Å². The van der Waals surface area contributed by atoms with Crippen LogP contribution in [0.25, 0.3) is 22.3 Å². The number of likely N-dealkylation sites (N-methyl/N-ethyl adjacent to an activating group) is 1. The number of benzene rings is 4. The number of rotatable bonds is 19. The molecule has 1 aliphatic rings. The predicted molar refractivity (Wildman–Crippen MR) is 315 cm³/mol. The second-order valence-electron chi connectivity index (χ2n) is 23.3. The number of fused-ring (bicyclic) bond motifs is 5. The van der Waals surface area contributed by atoms with Crippen molar-refractivity contribution in [1.82, 2.24) is 42.1 Å². The molecule has 22 heteroatoms. The number of aryl methyl sites for hydroxylation is 1. The molecular formula is C62H82N8O14. The third kappa shape index (κ3) is 20.9. The summed E-state index contributed by atoms with van der Waals surface area (Å²) in [5, 5.41) is 18.2. The number of imide groups is 1. The fraction of sp³-hybridized carbons (Fsp3) is 0.468. The van der Waals surface area contributed by atoms with Gasteiger partial charge in [-0.05, 0) is 146 Å². The highest BCUT2D eigenvalue weighted by Gasteiger charge is 2.37. The van der Waals surface area contributed by atoms with E-state index in [1.54, 1.807) is 111 Å². The van der Waals surface area contributed by atoms with Crippen LogP contribution in [-0.2, 0) is 51.0 Å². The fourth-order valence-corrected chi connectivity index (χ4v) is 8.64. The van der Waals surface area contributed by atoms with Crippen molar-refractivity contribution in [3.8, 4) is 33.8 Å². The van der Waals surface area contributed by atoms with E-state index in [9.17, 15) is 33.6 Å². The molecule has 0 radical (unpaired) electrons. The van der Waals surface area contributed by atoms with Crippen molar-refractivity contribution in [2.75, 3.05) is 39.9 Å². The van der Waals surface area contributed by atoms with Crippen molar-refractivity contribution < 1.29 is 66.8 Å². The maximum atomic E-state index is 15.2. The second-order valence-corrected chi connectivity index (χ2v) is 23.3. The summed E-state index contributed by atoms with van der Waals surface area (Å²) >= 11 is 0. The van der Waals surface area contributed by atoms with Crippen molar-refractivity contribution in [2.45, 2.75) is 150 Å². The van der Waals surface area contributed by atoms with Gasteiger partial charge in [0.2, 0.25) is 29.5 Å². The Morgan fingerprint density at radius 3 is 1.69 bits per heavy atom. The molecule has 1 heterocycles. The molecule has 0 saturated heterocycles. The molecule has 4 atom stereocenters. The van der Waals surface area contributed by atoms with Crippen molar-refractivity contribution >= 4 is 53.7 Å². The van der Waals surface area contributed by atoms with Crippen molar-refractivity contribution in [1.29, 1.82) is 0 Å². The predicted octanol–water partition coefficient (Wildman–Crippen LogP) is 7.20. The molecule has 4 aromatic rings. The summed E-state index contributed by atoms with van der Waals surface area (Å²) in [7, 11) is 1.32. The fourth-order valence-electron chi connectivity index (χ4n) is 8.64. The van der Waals surface area contributed by atoms with Gasteiger partial charge in [-0.15, -0.1) is 0 Å². The number of ether oxygens (including phenoxy) is 5. The van der Waals surface area contributed by atoms with E-state index in [1.807, 2.05) is 12.1 Å². The standard InChI is InChI=1S/C62H82N8O14/c1-14-15-16-39-17-20-41(21-18-39)42-22-24-43(25-23-42)53(73)69-48(36-65-59(79)84-62(10,11)12)56(76)70(13)51-44-26-28-50(81-32-30-64-58(78)83-61(7,8)9)46(35-44)45-33-40(19-27-49(45)80-31-29-63-57(77)82-60(4,5)6)34-47(54(74)67-38(3)71)68-52(72)37(2)66-55(51)75/h17-28,33,35,37,47-48,51H,14-16,29-32,34,36H2,1-13H3,(H,63,77)(H,64,78)(H,65,79)(H,66,75)(H,68,72)(H,69,73)(H,67,71,74)/t37-,47-,48-,51-/m0/s1. The van der Waals surface area contributed by atoms with Crippen LogP contribution in [0, 0.1) is 0 Å². The molecule has 22 nitrogen and oxygen atoms in total. The monoisotopic (exact) mass is 1160 g/mol. The van der Waals surface area contributed by atoms with Gasteiger partial charge in [0.25, 0.3) is 5.91 Å². The Labute approximate surface area is 491 Å². The Morgan fingerprint density at radius 2 is 1.17 bits per heavy atom. The van der Waals surface area contributed by atoms with E-state index < -0.39 is 101 Å². The van der Waals surface area contributed by atoms with Gasteiger partial charge in [0.05, 0.1) is 19.6 Å². The van der Waals surface area contributed by atoms with Crippen LogP contribution in [0.15, 0.2) is 84.9 Å². The number of nitrogens with one attached hydrogen (secondary N) is 7. The number of carbonyl (C=O) groups is 9. The van der Waals surface area contributed by atoms with Gasteiger partial charge in [-0.1, -0.05) is 61.9 Å². The zero-order valence-corrected chi connectivity index (χ0v) is 50.4. The van der Waals surface area contributed by atoms with E-state index >= 15 is 9.59 Å². The smallest absolute Gasteiger partial charge is 0.407 e. The van der Waals surface area contributed by atoms with E-state index in [1.165, 1.54) is 31.7 Å². The lowest BCUT2D eigenvalue weighted by molar-refractivity contribution is -0.141. The summed E-state index contributed by atoms with van der Waals surface area (Å²) in [5.74, 6) is -4.40. The van der Waals surface area contributed by atoms with E-state index in [0.717, 1.165) is 42.2 Å². The minimum Gasteiger partial charge on any atom is -0.491 e. The molecule has 84 heavy (non-hydrogen) atoms. The second kappa shape index (κ2) is 29.5. The minimum atomic E-state index is -1.62. The number of carbonyl (C=O) groups excluding carboxylic acids is 9. The number of hydrogen-bond acceptors (Lipinski definition) is 14. The zero-order valence-electron chi connectivity index (χ0n) is 50.4. The highest BCUT2D eigenvalue weighted by atomic mass is 16.6. The normalized spacial score (nSPS) is 15.7. The largest absolute Gasteiger partial charge is 0.491 e. The molecule has 1 aliphatic heterocycles. The van der Waals surface area contributed by atoms with E-state index in [-0.39, 0.29) is 60.9 Å². The molecule has 0 spiro atoms. The Balaban J connectivity index is 1.63. The molecule has 9 amide bonds. The summed E-state index contributed by atoms with van der Waals surface area (Å²) < 4.78 is 28.9. The van der Waals surface area contributed by atoms with Crippen LogP contribution in [0.2, 0.25) is 0 Å². The van der Waals surface area contributed by atoms with E-state index in [2.05, 4.69) is 56.3 Å². The average molecular weight is 1160 g/mol. The van der Waals surface area contributed by atoms with Crippen LogP contribution >= 0.6 is 0 Å². The lowest BCUT2D eigenvalue weighted by Crippen LogP contribution is -2.57. The van der Waals surface area contributed by atoms with Gasteiger partial charge in [-0.3, -0.25) is 34.1 Å². The number of amides is 9. The molecule has 0 aliphatic carbocycles. The molecule has 0 saturated carbocycles. The molecule has 454 valence electrons. The molecule has 7 N–H and O–H groups in total. The summed E-state index contributed by atoms with van der Waals surface area (Å²) in [6.07, 6.45) is 0.677. The molecule has 0 unspecified atom stereocenters. The first-order valence-corrected chi connectivity index (χ1v) is 28.0. The Bertz CT molecular complexity index is 3000. The lowest BCUT2D eigenvalue weighted by Gasteiger charge is -2.33. The molecule has 4 bridgehead atoms. The van der Waals surface area contributed by atoms with Crippen LogP contribution in [0.3, 0.4) is 0 Å². The Kier molecular flexibility index (Phi) is 23.2. The van der Waals surface area contributed by atoms with Crippen molar-refractivity contribution in [3.63, 3.8) is 0 Å². The van der Waals surface area contributed by atoms with E-state index in [4.69, 9.17) is 23.7 Å².